The van der Waals surface area contributed by atoms with E-state index in [1.807, 2.05) is 96.9 Å². The van der Waals surface area contributed by atoms with E-state index in [1.165, 1.54) is 0 Å². The summed E-state index contributed by atoms with van der Waals surface area (Å²) in [4.78, 5) is 154. The van der Waals surface area contributed by atoms with Gasteiger partial charge in [-0.05, 0) is 183 Å². The first kappa shape index (κ1) is 87.0. The molecule has 0 radical (unpaired) electrons. The normalized spacial score (nSPS) is 15.2. The van der Waals surface area contributed by atoms with Gasteiger partial charge in [-0.1, -0.05) is 103 Å². The number of nitrogens with two attached hydrogens (primary N) is 6. The second kappa shape index (κ2) is 47.8. The number of amides is 11. The van der Waals surface area contributed by atoms with Crippen molar-refractivity contribution < 1.29 is 52.7 Å². The average molecular weight is 1320 g/mol. The van der Waals surface area contributed by atoms with Crippen molar-refractivity contribution in [3.8, 4) is 0 Å². The Balaban J connectivity index is 7.03. The van der Waals surface area contributed by atoms with Crippen LogP contribution in [0.25, 0.3) is 0 Å². The van der Waals surface area contributed by atoms with Crippen LogP contribution in [0.5, 0.6) is 0 Å². The van der Waals surface area contributed by atoms with Crippen LogP contribution in [0.3, 0.4) is 0 Å². The zero-order valence-corrected chi connectivity index (χ0v) is 59.1. The number of hydrogen-bond acceptors (Lipinski definition) is 16. The minimum Gasteiger partial charge on any atom is -0.368 e. The standard InChI is InChI=1S/C66H128N16O11/c1-38(2)31-49(56(72)83)76-63(90)52(34-41(7)8)82-66(93)55(37-44(13)14)79-60(87)48(26-18-22-30-70)75-62(89)51(33-40(5)6)81-65(92)54(36-43(11)12)78-59(86)47(25-17-21-29-69)74-61(88)50(32-39(3)4)80-64(91)53(35-42(9)10)77-58(85)46(24-16-20-28-68)73-57(84)45(71)23-15-19-27-67/h38-55H,15-37,67-71H2,1-14H3,(H2,72,83)(H,73,84)(H,74,88)(H,75,89)(H,76,90)(H,77,85)(H,78,86)(H,79,87)(H,80,91)(H,81,92)(H,82,93)/t45-,46-,47+,48+,49-,50+,51-,52-,53-,54-,55+/m0/s1. The van der Waals surface area contributed by atoms with E-state index < -0.39 is 131 Å². The summed E-state index contributed by atoms with van der Waals surface area (Å²) in [6.07, 6.45) is 6.18. The smallest absolute Gasteiger partial charge is 0.243 e. The maximum Gasteiger partial charge on any atom is 0.243 e. The third kappa shape index (κ3) is 38.2. The van der Waals surface area contributed by atoms with Gasteiger partial charge in [-0.15, -0.1) is 0 Å². The molecule has 0 unspecified atom stereocenters. The minimum atomic E-state index is -1.23. The Kier molecular flexibility index (Phi) is 44.7. The van der Waals surface area contributed by atoms with Crippen LogP contribution in [0.2, 0.25) is 0 Å². The molecule has 11 amide bonds. The summed E-state index contributed by atoms with van der Waals surface area (Å²) in [7, 11) is 0. The van der Waals surface area contributed by atoms with Gasteiger partial charge in [0.05, 0.1) is 6.04 Å². The van der Waals surface area contributed by atoms with Gasteiger partial charge >= 0.3 is 0 Å². The quantitative estimate of drug-likeness (QED) is 0.0384. The third-order valence-corrected chi connectivity index (χ3v) is 15.5. The molecule has 0 saturated heterocycles. The molecule has 0 heterocycles. The van der Waals surface area contributed by atoms with E-state index in [1.54, 1.807) is 0 Å². The van der Waals surface area contributed by atoms with Crippen molar-refractivity contribution in [1.29, 1.82) is 0 Å². The molecule has 0 aromatic rings. The highest BCUT2D eigenvalue weighted by atomic mass is 16.2. The molecule has 0 aromatic heterocycles. The average Bonchev–Trinajstić information content (AvgIpc) is 1.72. The number of nitrogens with one attached hydrogen (secondary N) is 10. The predicted octanol–water partition coefficient (Wildman–Crippen LogP) is 1.49. The monoisotopic (exact) mass is 1320 g/mol. The minimum absolute atomic E-state index is 0.0280. The fraction of sp³-hybridized carbons (Fsp3) is 0.833. The van der Waals surface area contributed by atoms with Crippen molar-refractivity contribution in [2.24, 2.45) is 75.8 Å². The Morgan fingerprint density at radius 1 is 0.237 bits per heavy atom. The van der Waals surface area contributed by atoms with Gasteiger partial charge in [0.2, 0.25) is 65.0 Å². The summed E-state index contributed by atoms with van der Waals surface area (Å²) in [6, 6.07) is -12.3. The topological polar surface area (TPSA) is 464 Å². The number of hydrogen-bond donors (Lipinski definition) is 16. The highest BCUT2D eigenvalue weighted by Crippen LogP contribution is 2.17. The van der Waals surface area contributed by atoms with E-state index in [0.29, 0.717) is 77.4 Å². The van der Waals surface area contributed by atoms with Crippen LogP contribution in [0, 0.1) is 41.4 Å². The largest absolute Gasteiger partial charge is 0.368 e. The van der Waals surface area contributed by atoms with Gasteiger partial charge in [0.1, 0.15) is 60.4 Å². The molecule has 0 aromatic carbocycles. The van der Waals surface area contributed by atoms with Crippen LogP contribution in [0.15, 0.2) is 0 Å². The van der Waals surface area contributed by atoms with E-state index in [-0.39, 0.29) is 112 Å². The predicted molar refractivity (Wildman–Crippen MR) is 364 cm³/mol. The first-order valence-corrected chi connectivity index (χ1v) is 34.5. The van der Waals surface area contributed by atoms with Crippen molar-refractivity contribution >= 4 is 65.0 Å². The van der Waals surface area contributed by atoms with Crippen LogP contribution >= 0.6 is 0 Å². The van der Waals surface area contributed by atoms with Crippen molar-refractivity contribution in [3.63, 3.8) is 0 Å². The van der Waals surface area contributed by atoms with E-state index in [4.69, 9.17) is 34.4 Å². The molecule has 0 fully saturated rings. The Labute approximate surface area is 556 Å². The van der Waals surface area contributed by atoms with Crippen molar-refractivity contribution in [1.82, 2.24) is 53.2 Å². The lowest BCUT2D eigenvalue weighted by Crippen LogP contribution is -2.61. The van der Waals surface area contributed by atoms with Gasteiger partial charge in [0, 0.05) is 0 Å². The van der Waals surface area contributed by atoms with Gasteiger partial charge in [0.15, 0.2) is 0 Å². The zero-order valence-electron chi connectivity index (χ0n) is 59.1. The van der Waals surface area contributed by atoms with Gasteiger partial charge < -0.3 is 87.6 Å². The van der Waals surface area contributed by atoms with Gasteiger partial charge in [-0.2, -0.15) is 0 Å². The van der Waals surface area contributed by atoms with E-state index in [0.717, 1.165) is 0 Å². The maximum atomic E-state index is 14.6. The zero-order chi connectivity index (χ0) is 71.1. The SMILES string of the molecule is CC(C)C[C@H](NC(=O)[C@H](CC(C)C)NC(=O)[C@@H](CC(C)C)NC(=O)[C@@H](CCCCN)NC(=O)[C@H](CC(C)C)NC(=O)[C@H](CC(C)C)NC(=O)[C@@H](CCCCN)NC(=O)[C@@H](CC(C)C)NC(=O)[C@H](CC(C)C)NC(=O)[C@H](CCCCN)NC(=O)[C@@H](N)CCCCN)C(N)=O. The molecule has 0 aliphatic heterocycles. The Bertz CT molecular complexity index is 2270. The molecule has 0 bridgehead atoms. The highest BCUT2D eigenvalue weighted by Gasteiger charge is 2.37. The second-order valence-corrected chi connectivity index (χ2v) is 28.2. The van der Waals surface area contributed by atoms with Gasteiger partial charge in [-0.3, -0.25) is 52.7 Å². The lowest BCUT2D eigenvalue weighted by molar-refractivity contribution is -0.136. The molecule has 0 aliphatic rings. The van der Waals surface area contributed by atoms with E-state index in [9.17, 15) is 52.7 Å². The van der Waals surface area contributed by atoms with E-state index in [2.05, 4.69) is 53.2 Å². The second-order valence-electron chi connectivity index (χ2n) is 28.2. The number of carbonyl (C=O) groups is 11. The molecule has 0 aliphatic carbocycles. The first-order valence-electron chi connectivity index (χ1n) is 34.5. The van der Waals surface area contributed by atoms with Gasteiger partial charge in [-0.25, -0.2) is 0 Å². The fourth-order valence-electron chi connectivity index (χ4n) is 10.6. The van der Waals surface area contributed by atoms with Crippen LogP contribution in [-0.4, -0.2) is 158 Å². The molecule has 22 N–H and O–H groups in total. The number of unbranched alkanes of at least 4 members (excludes halogenated alkanes) is 4. The van der Waals surface area contributed by atoms with Crippen molar-refractivity contribution in [2.75, 3.05) is 26.2 Å². The third-order valence-electron chi connectivity index (χ3n) is 15.5. The lowest BCUT2D eigenvalue weighted by atomic mass is 9.98. The molecule has 27 nitrogen and oxygen atoms in total. The first-order chi connectivity index (χ1) is 43.6. The van der Waals surface area contributed by atoms with Crippen molar-refractivity contribution in [2.45, 2.75) is 285 Å². The summed E-state index contributed by atoms with van der Waals surface area (Å²) in [5, 5.41) is 28.1. The molecule has 27 heteroatoms. The number of rotatable bonds is 51. The Morgan fingerprint density at radius 2 is 0.398 bits per heavy atom. The summed E-state index contributed by atoms with van der Waals surface area (Å²) in [6.45, 7) is 27.5. The van der Waals surface area contributed by atoms with E-state index >= 15 is 0 Å². The van der Waals surface area contributed by atoms with Crippen LogP contribution in [0.1, 0.15) is 219 Å². The Morgan fingerprint density at radius 3 is 0.591 bits per heavy atom. The Hall–Kier alpha value is -6.03. The molecule has 0 spiro atoms. The fourth-order valence-corrected chi connectivity index (χ4v) is 10.6. The summed E-state index contributed by atoms with van der Waals surface area (Å²) >= 11 is 0. The molecule has 93 heavy (non-hydrogen) atoms. The summed E-state index contributed by atoms with van der Waals surface area (Å²) in [5.74, 6) is -7.99. The maximum absolute atomic E-state index is 14.6. The summed E-state index contributed by atoms with van der Waals surface area (Å²) in [5.41, 5.74) is 34.9. The lowest BCUT2D eigenvalue weighted by Gasteiger charge is -2.30. The molecule has 538 valence electrons. The molecule has 0 rings (SSSR count). The molecule has 11 atom stereocenters. The number of carbonyl (C=O) groups excluding carboxylic acids is 11. The van der Waals surface area contributed by atoms with Crippen LogP contribution in [-0.2, 0) is 52.7 Å². The highest BCUT2D eigenvalue weighted by molar-refractivity contribution is 5.99. The molecular formula is C66H128N16O11. The number of primary amides is 1. The van der Waals surface area contributed by atoms with Crippen LogP contribution < -0.4 is 87.6 Å². The molecule has 0 saturated carbocycles. The molecular weight excluding hydrogens is 1190 g/mol. The van der Waals surface area contributed by atoms with Gasteiger partial charge in [0.25, 0.3) is 0 Å². The van der Waals surface area contributed by atoms with Crippen LogP contribution in [0.4, 0.5) is 0 Å². The van der Waals surface area contributed by atoms with Crippen molar-refractivity contribution in [3.05, 3.63) is 0 Å². The summed E-state index contributed by atoms with van der Waals surface area (Å²) < 4.78 is 0.